The van der Waals surface area contributed by atoms with Gasteiger partial charge >= 0.3 is 9.28 Å². The Kier molecular flexibility index (Phi) is 10.7. The van der Waals surface area contributed by atoms with Crippen LogP contribution in [-0.4, -0.2) is 35.3 Å². The van der Waals surface area contributed by atoms with E-state index in [9.17, 15) is 0 Å². The molecule has 0 amide bonds. The normalized spacial score (nSPS) is 11.7. The third-order valence-electron chi connectivity index (χ3n) is 1.86. The van der Waals surface area contributed by atoms with Crippen molar-refractivity contribution >= 4 is 15.5 Å². The SMILES string of the molecule is CC=NCCCC[SiH](OCC)OCC. The molecule has 0 aromatic heterocycles. The largest absolute Gasteiger partial charge is 0.397 e. The minimum Gasteiger partial charge on any atom is -0.397 e. The molecular weight excluding hydrogens is 194 g/mol. The standard InChI is InChI=1S/C10H23NO2Si/c1-4-11-9-7-8-10-14(12-5-2)13-6-3/h4,14H,5-10H2,1-3H3. The van der Waals surface area contributed by atoms with E-state index < -0.39 is 9.28 Å². The summed E-state index contributed by atoms with van der Waals surface area (Å²) in [6, 6.07) is 1.11. The Labute approximate surface area is 89.4 Å². The number of nitrogens with zero attached hydrogens (tertiary/aromatic N) is 1. The summed E-state index contributed by atoms with van der Waals surface area (Å²) in [5.74, 6) is 0. The fourth-order valence-electron chi connectivity index (χ4n) is 1.23. The molecule has 0 N–H and O–H groups in total. The summed E-state index contributed by atoms with van der Waals surface area (Å²) in [5.41, 5.74) is 0. The Balaban J connectivity index is 3.39. The van der Waals surface area contributed by atoms with Crippen LogP contribution in [0.4, 0.5) is 0 Å². The second-order valence-corrected chi connectivity index (χ2v) is 5.10. The van der Waals surface area contributed by atoms with Gasteiger partial charge in [0.15, 0.2) is 0 Å². The van der Waals surface area contributed by atoms with Gasteiger partial charge in [0, 0.05) is 19.8 Å². The van der Waals surface area contributed by atoms with Gasteiger partial charge in [-0.1, -0.05) is 0 Å². The molecule has 14 heavy (non-hydrogen) atoms. The van der Waals surface area contributed by atoms with Crippen molar-refractivity contribution in [2.24, 2.45) is 4.99 Å². The van der Waals surface area contributed by atoms with Gasteiger partial charge in [-0.15, -0.1) is 0 Å². The quantitative estimate of drug-likeness (QED) is 0.336. The van der Waals surface area contributed by atoms with E-state index in [0.29, 0.717) is 0 Å². The topological polar surface area (TPSA) is 30.8 Å². The van der Waals surface area contributed by atoms with Gasteiger partial charge in [0.2, 0.25) is 0 Å². The molecule has 0 fully saturated rings. The highest BCUT2D eigenvalue weighted by molar-refractivity contribution is 6.44. The van der Waals surface area contributed by atoms with Gasteiger partial charge in [-0.25, -0.2) is 0 Å². The molecule has 0 atom stereocenters. The van der Waals surface area contributed by atoms with Crippen molar-refractivity contribution in [3.63, 3.8) is 0 Å². The maximum Gasteiger partial charge on any atom is 0.321 e. The highest BCUT2D eigenvalue weighted by Gasteiger charge is 2.10. The van der Waals surface area contributed by atoms with Gasteiger partial charge in [-0.3, -0.25) is 4.99 Å². The van der Waals surface area contributed by atoms with Gasteiger partial charge in [-0.2, -0.15) is 0 Å². The fraction of sp³-hybridized carbons (Fsp3) is 0.900. The maximum atomic E-state index is 5.57. The first-order valence-electron chi connectivity index (χ1n) is 5.52. The van der Waals surface area contributed by atoms with Crippen molar-refractivity contribution < 1.29 is 8.85 Å². The molecule has 0 spiro atoms. The molecular formula is C10H23NO2Si. The Morgan fingerprint density at radius 1 is 1.14 bits per heavy atom. The molecule has 0 rings (SSSR count). The summed E-state index contributed by atoms with van der Waals surface area (Å²) in [6.45, 7) is 8.52. The van der Waals surface area contributed by atoms with Crippen LogP contribution in [0.2, 0.25) is 6.04 Å². The zero-order valence-electron chi connectivity index (χ0n) is 9.66. The first-order valence-corrected chi connectivity index (χ1v) is 7.28. The number of rotatable bonds is 9. The van der Waals surface area contributed by atoms with Crippen molar-refractivity contribution in [2.45, 2.75) is 39.7 Å². The summed E-state index contributed by atoms with van der Waals surface area (Å²) < 4.78 is 11.1. The van der Waals surface area contributed by atoms with Gasteiger partial charge in [-0.05, 0) is 45.9 Å². The van der Waals surface area contributed by atoms with E-state index in [1.54, 1.807) is 0 Å². The lowest BCUT2D eigenvalue weighted by Crippen LogP contribution is -2.22. The summed E-state index contributed by atoms with van der Waals surface area (Å²) in [4.78, 5) is 4.17. The summed E-state index contributed by atoms with van der Waals surface area (Å²) in [7, 11) is -1.34. The third kappa shape index (κ3) is 8.41. The summed E-state index contributed by atoms with van der Waals surface area (Å²) in [5, 5.41) is 0. The monoisotopic (exact) mass is 217 g/mol. The lowest BCUT2D eigenvalue weighted by molar-refractivity contribution is 0.212. The highest BCUT2D eigenvalue weighted by atomic mass is 28.3. The molecule has 84 valence electrons. The molecule has 0 aromatic rings. The lowest BCUT2D eigenvalue weighted by Gasteiger charge is -2.13. The van der Waals surface area contributed by atoms with Crippen LogP contribution in [0.15, 0.2) is 4.99 Å². The van der Waals surface area contributed by atoms with Gasteiger partial charge in [0.1, 0.15) is 0 Å². The van der Waals surface area contributed by atoms with Crippen molar-refractivity contribution in [1.82, 2.24) is 0 Å². The van der Waals surface area contributed by atoms with Crippen LogP contribution in [-0.2, 0) is 8.85 Å². The molecule has 0 aliphatic rings. The van der Waals surface area contributed by atoms with Gasteiger partial charge < -0.3 is 8.85 Å². The average Bonchev–Trinajstić information content (AvgIpc) is 2.18. The molecule has 4 heteroatoms. The molecule has 0 radical (unpaired) electrons. The van der Waals surface area contributed by atoms with E-state index in [1.807, 2.05) is 27.0 Å². The minimum absolute atomic E-state index is 0.782. The Morgan fingerprint density at radius 3 is 2.29 bits per heavy atom. The van der Waals surface area contributed by atoms with Crippen molar-refractivity contribution in [3.05, 3.63) is 0 Å². The number of aliphatic imine (C=N–C) groups is 1. The van der Waals surface area contributed by atoms with Crippen LogP contribution in [0.5, 0.6) is 0 Å². The Hall–Kier alpha value is -0.193. The molecule has 0 aliphatic carbocycles. The molecule has 0 aliphatic heterocycles. The first-order chi connectivity index (χ1) is 6.85. The second-order valence-electron chi connectivity index (χ2n) is 3.00. The first kappa shape index (κ1) is 13.8. The smallest absolute Gasteiger partial charge is 0.321 e. The van der Waals surface area contributed by atoms with Gasteiger partial charge in [0.05, 0.1) is 0 Å². The van der Waals surface area contributed by atoms with Crippen LogP contribution in [0, 0.1) is 0 Å². The average molecular weight is 217 g/mol. The lowest BCUT2D eigenvalue weighted by atomic mass is 10.3. The third-order valence-corrected chi connectivity index (χ3v) is 4.15. The predicted octanol–water partition coefficient (Wildman–Crippen LogP) is 2.15. The van der Waals surface area contributed by atoms with Crippen molar-refractivity contribution in [3.8, 4) is 0 Å². The van der Waals surface area contributed by atoms with Crippen LogP contribution in [0.25, 0.3) is 0 Å². The Bertz CT molecular complexity index is 136. The molecule has 0 saturated heterocycles. The predicted molar refractivity (Wildman–Crippen MR) is 63.5 cm³/mol. The van der Waals surface area contributed by atoms with Crippen LogP contribution >= 0.6 is 0 Å². The summed E-state index contributed by atoms with van der Waals surface area (Å²) >= 11 is 0. The van der Waals surface area contributed by atoms with E-state index in [4.69, 9.17) is 8.85 Å². The van der Waals surface area contributed by atoms with Crippen LogP contribution < -0.4 is 0 Å². The zero-order chi connectivity index (χ0) is 10.6. The van der Waals surface area contributed by atoms with Crippen molar-refractivity contribution in [2.75, 3.05) is 19.8 Å². The zero-order valence-corrected chi connectivity index (χ0v) is 10.8. The molecule has 0 aromatic carbocycles. The van der Waals surface area contributed by atoms with E-state index in [1.165, 1.54) is 6.42 Å². The highest BCUT2D eigenvalue weighted by Crippen LogP contribution is 2.04. The Morgan fingerprint density at radius 2 is 1.79 bits per heavy atom. The second kappa shape index (κ2) is 10.9. The van der Waals surface area contributed by atoms with Crippen molar-refractivity contribution in [1.29, 1.82) is 0 Å². The number of unbranched alkanes of at least 4 members (excludes halogenated alkanes) is 1. The molecule has 0 unspecified atom stereocenters. The fourth-order valence-corrected chi connectivity index (χ4v) is 3.02. The van der Waals surface area contributed by atoms with Gasteiger partial charge in [0.25, 0.3) is 0 Å². The van der Waals surface area contributed by atoms with Crippen LogP contribution in [0.1, 0.15) is 33.6 Å². The molecule has 0 saturated carbocycles. The molecule has 3 nitrogen and oxygen atoms in total. The summed E-state index contributed by atoms with van der Waals surface area (Å²) in [6.07, 6.45) is 4.18. The van der Waals surface area contributed by atoms with E-state index in [2.05, 4.69) is 4.99 Å². The maximum absolute atomic E-state index is 5.57. The molecule has 0 heterocycles. The number of hydrogen-bond acceptors (Lipinski definition) is 3. The number of hydrogen-bond donors (Lipinski definition) is 0. The molecule has 0 bridgehead atoms. The van der Waals surface area contributed by atoms with E-state index >= 15 is 0 Å². The minimum atomic E-state index is -1.34. The van der Waals surface area contributed by atoms with E-state index in [-0.39, 0.29) is 0 Å². The van der Waals surface area contributed by atoms with E-state index in [0.717, 1.165) is 32.2 Å². The van der Waals surface area contributed by atoms with Crippen LogP contribution in [0.3, 0.4) is 0 Å².